The number of hydrogen-bond donors (Lipinski definition) is 0. The number of benzene rings is 2. The molecule has 172 valence electrons. The molecule has 5 nitrogen and oxygen atoms in total. The van der Waals surface area contributed by atoms with Gasteiger partial charge in [-0.2, -0.15) is 0 Å². The molecule has 2 aromatic carbocycles. The Morgan fingerprint density at radius 1 is 0.875 bits per heavy atom. The van der Waals surface area contributed by atoms with Gasteiger partial charge in [0.15, 0.2) is 5.78 Å². The molecular formula is C26H34FN3O2. The first-order chi connectivity index (χ1) is 15.6. The summed E-state index contributed by atoms with van der Waals surface area (Å²) < 4.78 is 19.0. The minimum Gasteiger partial charge on any atom is -0.379 e. The number of piperazine rings is 1. The molecular weight excluding hydrogens is 405 g/mol. The van der Waals surface area contributed by atoms with Crippen molar-refractivity contribution in [1.82, 2.24) is 14.7 Å². The minimum atomic E-state index is -0.192. The second kappa shape index (κ2) is 11.1. The summed E-state index contributed by atoms with van der Waals surface area (Å²) in [5.41, 5.74) is 1.96. The van der Waals surface area contributed by atoms with Crippen LogP contribution in [0.25, 0.3) is 0 Å². The summed E-state index contributed by atoms with van der Waals surface area (Å²) in [5.74, 6) is 0.0169. The average Bonchev–Trinajstić information content (AvgIpc) is 2.85. The molecule has 2 aromatic rings. The number of carbonyl (C=O) groups is 1. The molecule has 0 unspecified atom stereocenters. The van der Waals surface area contributed by atoms with Gasteiger partial charge < -0.3 is 9.64 Å². The number of ketones is 1. The maximum absolute atomic E-state index is 13.5. The van der Waals surface area contributed by atoms with Gasteiger partial charge in [-0.1, -0.05) is 49.4 Å². The number of ether oxygens (including phenoxy) is 1. The van der Waals surface area contributed by atoms with Crippen molar-refractivity contribution in [2.45, 2.75) is 13.0 Å². The second-order valence-corrected chi connectivity index (χ2v) is 8.95. The van der Waals surface area contributed by atoms with Gasteiger partial charge in [0.25, 0.3) is 0 Å². The molecule has 0 spiro atoms. The van der Waals surface area contributed by atoms with Gasteiger partial charge in [0.2, 0.25) is 0 Å². The van der Waals surface area contributed by atoms with E-state index in [4.69, 9.17) is 4.74 Å². The van der Waals surface area contributed by atoms with Crippen LogP contribution < -0.4 is 0 Å². The van der Waals surface area contributed by atoms with Gasteiger partial charge >= 0.3 is 0 Å². The summed E-state index contributed by atoms with van der Waals surface area (Å²) >= 11 is 0. The Kier molecular flexibility index (Phi) is 8.03. The SMILES string of the molecule is C[C@H](CN1CCN(C[C@@H](c2ccc(F)cc2)N2CCOCC2)CC1)C(=O)c1ccccc1. The molecule has 2 saturated heterocycles. The number of nitrogens with zero attached hydrogens (tertiary/aromatic N) is 3. The van der Waals surface area contributed by atoms with Crippen LogP contribution in [0, 0.1) is 11.7 Å². The monoisotopic (exact) mass is 439 g/mol. The lowest BCUT2D eigenvalue weighted by Gasteiger charge is -2.41. The Morgan fingerprint density at radius 3 is 2.09 bits per heavy atom. The lowest BCUT2D eigenvalue weighted by molar-refractivity contribution is 0.00272. The summed E-state index contributed by atoms with van der Waals surface area (Å²) in [6, 6.07) is 16.8. The first-order valence-corrected chi connectivity index (χ1v) is 11.7. The van der Waals surface area contributed by atoms with Crippen molar-refractivity contribution in [2.24, 2.45) is 5.92 Å². The van der Waals surface area contributed by atoms with E-state index >= 15 is 0 Å². The van der Waals surface area contributed by atoms with E-state index in [9.17, 15) is 9.18 Å². The fourth-order valence-electron chi connectivity index (χ4n) is 4.76. The zero-order valence-electron chi connectivity index (χ0n) is 19.0. The number of carbonyl (C=O) groups excluding carboxylic acids is 1. The zero-order chi connectivity index (χ0) is 22.3. The Bertz CT molecular complexity index is 847. The lowest BCUT2D eigenvalue weighted by atomic mass is 9.98. The third-order valence-corrected chi connectivity index (χ3v) is 6.68. The summed E-state index contributed by atoms with van der Waals surface area (Å²) in [6.45, 7) is 11.0. The van der Waals surface area contributed by atoms with E-state index in [1.54, 1.807) is 12.1 Å². The topological polar surface area (TPSA) is 36.0 Å². The molecule has 6 heteroatoms. The van der Waals surface area contributed by atoms with Crippen LogP contribution in [0.15, 0.2) is 54.6 Å². The molecule has 2 aliphatic heterocycles. The highest BCUT2D eigenvalue weighted by molar-refractivity contribution is 5.97. The van der Waals surface area contributed by atoms with Gasteiger partial charge in [-0.25, -0.2) is 4.39 Å². The van der Waals surface area contributed by atoms with Crippen molar-refractivity contribution in [1.29, 1.82) is 0 Å². The fraction of sp³-hybridized carbons (Fsp3) is 0.500. The third kappa shape index (κ3) is 6.01. The predicted molar refractivity (Wildman–Crippen MR) is 124 cm³/mol. The van der Waals surface area contributed by atoms with Crippen LogP contribution in [0.3, 0.4) is 0 Å². The molecule has 0 aliphatic carbocycles. The normalized spacial score (nSPS) is 20.7. The van der Waals surface area contributed by atoms with Crippen molar-refractivity contribution < 1.29 is 13.9 Å². The van der Waals surface area contributed by atoms with Crippen LogP contribution in [0.5, 0.6) is 0 Å². The van der Waals surface area contributed by atoms with E-state index in [1.165, 1.54) is 0 Å². The summed E-state index contributed by atoms with van der Waals surface area (Å²) in [4.78, 5) is 20.1. The minimum absolute atomic E-state index is 0.00994. The van der Waals surface area contributed by atoms with Gasteiger partial charge in [0.05, 0.1) is 13.2 Å². The first kappa shape index (κ1) is 23.1. The highest BCUT2D eigenvalue weighted by atomic mass is 19.1. The van der Waals surface area contributed by atoms with Gasteiger partial charge in [-0.3, -0.25) is 14.6 Å². The smallest absolute Gasteiger partial charge is 0.166 e. The maximum Gasteiger partial charge on any atom is 0.166 e. The summed E-state index contributed by atoms with van der Waals surface area (Å²) in [5, 5.41) is 0. The quantitative estimate of drug-likeness (QED) is 0.590. The van der Waals surface area contributed by atoms with Gasteiger partial charge in [-0.05, 0) is 17.7 Å². The standard InChI is InChI=1S/C26H34FN3O2/c1-21(26(31)23-5-3-2-4-6-23)19-28-11-13-29(14-12-28)20-25(30-15-17-32-18-16-30)22-7-9-24(27)10-8-22/h2-10,21,25H,11-20H2,1H3/t21-,25+/m1/s1. The van der Waals surface area contributed by atoms with Crippen LogP contribution in [-0.2, 0) is 4.74 Å². The van der Waals surface area contributed by atoms with E-state index < -0.39 is 0 Å². The molecule has 0 bridgehead atoms. The van der Waals surface area contributed by atoms with Crippen LogP contribution in [0.1, 0.15) is 28.9 Å². The highest BCUT2D eigenvalue weighted by Gasteiger charge is 2.28. The molecule has 0 radical (unpaired) electrons. The van der Waals surface area contributed by atoms with E-state index in [-0.39, 0.29) is 23.6 Å². The molecule has 2 heterocycles. The Hall–Kier alpha value is -2.12. The van der Waals surface area contributed by atoms with Crippen LogP contribution in [-0.4, -0.2) is 86.1 Å². The van der Waals surface area contributed by atoms with E-state index in [0.717, 1.165) is 76.7 Å². The number of Topliss-reactive ketones (excluding diaryl/α,β-unsaturated/α-hetero) is 1. The number of morpholine rings is 1. The van der Waals surface area contributed by atoms with E-state index in [2.05, 4.69) is 14.7 Å². The Balaban J connectivity index is 1.32. The highest BCUT2D eigenvalue weighted by Crippen LogP contribution is 2.24. The molecule has 0 aromatic heterocycles. The van der Waals surface area contributed by atoms with Crippen LogP contribution >= 0.6 is 0 Å². The van der Waals surface area contributed by atoms with Crippen LogP contribution in [0.2, 0.25) is 0 Å². The molecule has 2 fully saturated rings. The van der Waals surface area contributed by atoms with Crippen LogP contribution in [0.4, 0.5) is 4.39 Å². The number of rotatable bonds is 8. The molecule has 2 atom stereocenters. The zero-order valence-corrected chi connectivity index (χ0v) is 19.0. The third-order valence-electron chi connectivity index (χ3n) is 6.68. The van der Waals surface area contributed by atoms with Crippen molar-refractivity contribution in [3.63, 3.8) is 0 Å². The molecule has 2 aliphatic rings. The van der Waals surface area contributed by atoms with Crippen molar-refractivity contribution in [3.8, 4) is 0 Å². The largest absolute Gasteiger partial charge is 0.379 e. The molecule has 4 rings (SSSR count). The predicted octanol–water partition coefficient (Wildman–Crippen LogP) is 3.34. The summed E-state index contributed by atoms with van der Waals surface area (Å²) in [6.07, 6.45) is 0. The van der Waals surface area contributed by atoms with Gasteiger partial charge in [-0.15, -0.1) is 0 Å². The van der Waals surface area contributed by atoms with E-state index in [1.807, 2.05) is 49.4 Å². The van der Waals surface area contributed by atoms with Gasteiger partial charge in [0.1, 0.15) is 5.82 Å². The second-order valence-electron chi connectivity index (χ2n) is 8.95. The molecule has 0 saturated carbocycles. The molecule has 0 amide bonds. The Labute approximate surface area is 190 Å². The Morgan fingerprint density at radius 2 is 1.47 bits per heavy atom. The lowest BCUT2D eigenvalue weighted by Crippen LogP contribution is -2.51. The van der Waals surface area contributed by atoms with E-state index in [0.29, 0.717) is 0 Å². The maximum atomic E-state index is 13.5. The first-order valence-electron chi connectivity index (χ1n) is 11.7. The van der Waals surface area contributed by atoms with Crippen molar-refractivity contribution in [3.05, 3.63) is 71.5 Å². The van der Waals surface area contributed by atoms with Gasteiger partial charge in [0, 0.05) is 69.9 Å². The molecule has 0 N–H and O–H groups in total. The van der Waals surface area contributed by atoms with Crippen molar-refractivity contribution in [2.75, 3.05) is 65.6 Å². The van der Waals surface area contributed by atoms with Crippen molar-refractivity contribution >= 4 is 5.78 Å². The number of hydrogen-bond acceptors (Lipinski definition) is 5. The summed E-state index contributed by atoms with van der Waals surface area (Å²) in [7, 11) is 0. The molecule has 32 heavy (non-hydrogen) atoms. The number of halogens is 1. The average molecular weight is 440 g/mol. The fourth-order valence-corrected chi connectivity index (χ4v) is 4.76.